The Morgan fingerprint density at radius 2 is 1.78 bits per heavy atom. The van der Waals surface area contributed by atoms with E-state index in [0.717, 1.165) is 42.4 Å². The molecule has 1 fully saturated rings. The quantitative estimate of drug-likeness (QED) is 0.549. The lowest BCUT2D eigenvalue weighted by atomic mass is 10.1. The van der Waals surface area contributed by atoms with Gasteiger partial charge in [-0.1, -0.05) is 48.2 Å². The summed E-state index contributed by atoms with van der Waals surface area (Å²) >= 11 is 12.2. The van der Waals surface area contributed by atoms with Crippen LogP contribution in [0, 0.1) is 13.8 Å². The van der Waals surface area contributed by atoms with E-state index in [-0.39, 0.29) is 31.0 Å². The number of hydrogen-bond donors (Lipinski definition) is 1. The van der Waals surface area contributed by atoms with Crippen molar-refractivity contribution in [2.24, 2.45) is 0 Å². The minimum atomic E-state index is -0.652. The molecule has 5 nitrogen and oxygen atoms in total. The first-order chi connectivity index (χ1) is 15.2. The largest absolute Gasteiger partial charge is 0.484 e. The summed E-state index contributed by atoms with van der Waals surface area (Å²) in [5.41, 5.74) is 3.04. The maximum absolute atomic E-state index is 13.2. The summed E-state index contributed by atoms with van der Waals surface area (Å²) in [6.45, 7) is 5.83. The number of rotatable bonds is 8. The molecule has 1 aliphatic rings. The van der Waals surface area contributed by atoms with Gasteiger partial charge < -0.3 is 15.0 Å². The molecule has 1 atom stereocenters. The van der Waals surface area contributed by atoms with Crippen LogP contribution in [0.2, 0.25) is 10.0 Å². The van der Waals surface area contributed by atoms with Crippen molar-refractivity contribution in [3.8, 4) is 5.75 Å². The van der Waals surface area contributed by atoms with E-state index in [9.17, 15) is 9.59 Å². The van der Waals surface area contributed by atoms with Crippen LogP contribution < -0.4 is 10.1 Å². The summed E-state index contributed by atoms with van der Waals surface area (Å²) < 4.78 is 5.76. The number of aryl methyl sites for hydroxylation is 2. The molecule has 0 spiro atoms. The highest BCUT2D eigenvalue weighted by Gasteiger charge is 2.29. The molecule has 2 aromatic carbocycles. The van der Waals surface area contributed by atoms with Gasteiger partial charge in [0.2, 0.25) is 5.91 Å². The number of hydrogen-bond acceptors (Lipinski definition) is 3. The number of benzene rings is 2. The molecule has 1 aliphatic carbocycles. The third-order valence-electron chi connectivity index (χ3n) is 6.05. The van der Waals surface area contributed by atoms with E-state index in [1.807, 2.05) is 32.0 Å². The van der Waals surface area contributed by atoms with Gasteiger partial charge in [0.15, 0.2) is 6.61 Å². The second-order valence-electron chi connectivity index (χ2n) is 8.47. The molecule has 0 radical (unpaired) electrons. The Hall–Kier alpha value is -2.24. The van der Waals surface area contributed by atoms with Crippen molar-refractivity contribution in [2.45, 2.75) is 65.1 Å². The fourth-order valence-corrected chi connectivity index (χ4v) is 4.16. The molecule has 0 saturated heterocycles. The molecule has 0 aromatic heterocycles. The Labute approximate surface area is 200 Å². The van der Waals surface area contributed by atoms with Gasteiger partial charge in [-0.15, -0.1) is 0 Å². The number of nitrogens with one attached hydrogen (secondary N) is 1. The molecule has 2 aromatic rings. The smallest absolute Gasteiger partial charge is 0.261 e. The van der Waals surface area contributed by atoms with Gasteiger partial charge in [-0.25, -0.2) is 0 Å². The van der Waals surface area contributed by atoms with Crippen molar-refractivity contribution < 1.29 is 14.3 Å². The molecule has 172 valence electrons. The third-order valence-corrected chi connectivity index (χ3v) is 6.79. The zero-order valence-corrected chi connectivity index (χ0v) is 20.3. The number of ether oxygens (including phenoxy) is 1. The first-order valence-corrected chi connectivity index (χ1v) is 11.7. The van der Waals surface area contributed by atoms with Crippen LogP contribution in [0.5, 0.6) is 5.75 Å². The minimum Gasteiger partial charge on any atom is -0.484 e. The van der Waals surface area contributed by atoms with Crippen molar-refractivity contribution in [2.75, 3.05) is 6.61 Å². The van der Waals surface area contributed by atoms with Crippen LogP contribution in [0.25, 0.3) is 0 Å². The second kappa shape index (κ2) is 11.1. The molecule has 0 aliphatic heterocycles. The standard InChI is InChI=1S/C25H30Cl2N2O3/c1-16-8-10-21(12-17(16)2)32-15-24(30)29(14-19-9-11-22(26)23(27)13-19)18(3)25(31)28-20-6-4-5-7-20/h8-13,18,20H,4-7,14-15H2,1-3H3,(H,28,31)/t18-/m0/s1. The van der Waals surface area contributed by atoms with Gasteiger partial charge in [0, 0.05) is 12.6 Å². The van der Waals surface area contributed by atoms with E-state index in [0.29, 0.717) is 15.8 Å². The molecule has 1 saturated carbocycles. The van der Waals surface area contributed by atoms with Crippen molar-refractivity contribution in [1.29, 1.82) is 0 Å². The fraction of sp³-hybridized carbons (Fsp3) is 0.440. The van der Waals surface area contributed by atoms with Gasteiger partial charge in [0.1, 0.15) is 11.8 Å². The van der Waals surface area contributed by atoms with E-state index in [4.69, 9.17) is 27.9 Å². The summed E-state index contributed by atoms with van der Waals surface area (Å²) in [7, 11) is 0. The summed E-state index contributed by atoms with van der Waals surface area (Å²) in [5, 5.41) is 3.94. The number of amides is 2. The van der Waals surface area contributed by atoms with Gasteiger partial charge in [-0.05, 0) is 74.6 Å². The highest BCUT2D eigenvalue weighted by atomic mass is 35.5. The van der Waals surface area contributed by atoms with Crippen LogP contribution in [0.4, 0.5) is 0 Å². The van der Waals surface area contributed by atoms with Gasteiger partial charge in [0.25, 0.3) is 5.91 Å². The van der Waals surface area contributed by atoms with Crippen LogP contribution >= 0.6 is 23.2 Å². The number of carbonyl (C=O) groups is 2. The second-order valence-corrected chi connectivity index (χ2v) is 9.29. The summed E-state index contributed by atoms with van der Waals surface area (Å²) in [4.78, 5) is 27.6. The van der Waals surface area contributed by atoms with Crippen molar-refractivity contribution >= 4 is 35.0 Å². The van der Waals surface area contributed by atoms with Crippen molar-refractivity contribution in [1.82, 2.24) is 10.2 Å². The van der Waals surface area contributed by atoms with Crippen LogP contribution in [-0.2, 0) is 16.1 Å². The predicted molar refractivity (Wildman–Crippen MR) is 128 cm³/mol. The summed E-state index contributed by atoms with van der Waals surface area (Å²) in [5.74, 6) is 0.193. The monoisotopic (exact) mass is 476 g/mol. The van der Waals surface area contributed by atoms with Gasteiger partial charge >= 0.3 is 0 Å². The lowest BCUT2D eigenvalue weighted by molar-refractivity contribution is -0.142. The van der Waals surface area contributed by atoms with Crippen molar-refractivity contribution in [3.63, 3.8) is 0 Å². The first-order valence-electron chi connectivity index (χ1n) is 11.0. The first kappa shape index (κ1) is 24.4. The van der Waals surface area contributed by atoms with Gasteiger partial charge in [-0.2, -0.15) is 0 Å². The SMILES string of the molecule is Cc1ccc(OCC(=O)N(Cc2ccc(Cl)c(Cl)c2)[C@@H](C)C(=O)NC2CCCC2)cc1C. The molecule has 1 N–H and O–H groups in total. The maximum Gasteiger partial charge on any atom is 0.261 e. The molecule has 0 bridgehead atoms. The topological polar surface area (TPSA) is 58.6 Å². The summed E-state index contributed by atoms with van der Waals surface area (Å²) in [6, 6.07) is 10.4. The number of halogens is 2. The predicted octanol–water partition coefficient (Wildman–Crippen LogP) is 5.47. The molecule has 0 unspecified atom stereocenters. The number of carbonyl (C=O) groups excluding carboxylic acids is 2. The number of nitrogens with zero attached hydrogens (tertiary/aromatic N) is 1. The molecular formula is C25H30Cl2N2O3. The fourth-order valence-electron chi connectivity index (χ4n) is 3.84. The Morgan fingerprint density at radius 1 is 1.06 bits per heavy atom. The Balaban J connectivity index is 1.74. The highest BCUT2D eigenvalue weighted by molar-refractivity contribution is 6.42. The Kier molecular flexibility index (Phi) is 8.44. The van der Waals surface area contributed by atoms with E-state index >= 15 is 0 Å². The highest BCUT2D eigenvalue weighted by Crippen LogP contribution is 2.24. The molecule has 32 heavy (non-hydrogen) atoms. The molecule has 7 heteroatoms. The summed E-state index contributed by atoms with van der Waals surface area (Å²) in [6.07, 6.45) is 4.20. The minimum absolute atomic E-state index is 0.156. The zero-order valence-electron chi connectivity index (χ0n) is 18.8. The van der Waals surface area contributed by atoms with Crippen LogP contribution in [0.3, 0.4) is 0 Å². The van der Waals surface area contributed by atoms with Gasteiger partial charge in [-0.3, -0.25) is 9.59 Å². The van der Waals surface area contributed by atoms with E-state index in [1.165, 1.54) is 4.90 Å². The molecular weight excluding hydrogens is 447 g/mol. The Bertz CT molecular complexity index is 974. The van der Waals surface area contributed by atoms with Crippen LogP contribution in [0.1, 0.15) is 49.3 Å². The molecule has 3 rings (SSSR count). The van der Waals surface area contributed by atoms with Crippen LogP contribution in [0.15, 0.2) is 36.4 Å². The Morgan fingerprint density at radius 3 is 2.44 bits per heavy atom. The molecule has 2 amide bonds. The zero-order chi connectivity index (χ0) is 23.3. The van der Waals surface area contributed by atoms with Crippen molar-refractivity contribution in [3.05, 3.63) is 63.1 Å². The van der Waals surface area contributed by atoms with E-state index in [2.05, 4.69) is 5.32 Å². The lowest BCUT2D eigenvalue weighted by Gasteiger charge is -2.29. The van der Waals surface area contributed by atoms with E-state index in [1.54, 1.807) is 25.1 Å². The van der Waals surface area contributed by atoms with Gasteiger partial charge in [0.05, 0.1) is 10.0 Å². The average Bonchev–Trinajstić information content (AvgIpc) is 3.27. The lowest BCUT2D eigenvalue weighted by Crippen LogP contribution is -2.50. The third kappa shape index (κ3) is 6.39. The average molecular weight is 477 g/mol. The van der Waals surface area contributed by atoms with E-state index < -0.39 is 6.04 Å². The van der Waals surface area contributed by atoms with Crippen LogP contribution in [-0.4, -0.2) is 35.4 Å². The normalized spacial score (nSPS) is 14.8. The molecule has 0 heterocycles. The maximum atomic E-state index is 13.2.